The van der Waals surface area contributed by atoms with Crippen LogP contribution in [0, 0.1) is 12.7 Å². The van der Waals surface area contributed by atoms with Crippen molar-refractivity contribution in [3.05, 3.63) is 107 Å². The first-order chi connectivity index (χ1) is 17.5. The van der Waals surface area contributed by atoms with E-state index in [1.54, 1.807) is 23.1 Å². The third-order valence-corrected chi connectivity index (χ3v) is 7.00. The zero-order valence-electron chi connectivity index (χ0n) is 21.1. The summed E-state index contributed by atoms with van der Waals surface area (Å²) in [7, 11) is 0. The van der Waals surface area contributed by atoms with Gasteiger partial charge in [-0.25, -0.2) is 4.39 Å². The van der Waals surface area contributed by atoms with E-state index in [-0.39, 0.29) is 29.9 Å². The molecule has 0 aromatic heterocycles. The fourth-order valence-corrected chi connectivity index (χ4v) is 4.76. The van der Waals surface area contributed by atoms with Gasteiger partial charge in [-0.15, -0.1) is 11.8 Å². The molecule has 1 atom stereocenters. The fourth-order valence-electron chi connectivity index (χ4n) is 3.89. The van der Waals surface area contributed by atoms with Gasteiger partial charge in [-0.1, -0.05) is 91.7 Å². The summed E-state index contributed by atoms with van der Waals surface area (Å²) in [5.74, 6) is 0.122. The second-order valence-electron chi connectivity index (χ2n) is 8.94. The van der Waals surface area contributed by atoms with E-state index in [0.717, 1.165) is 24.0 Å². The van der Waals surface area contributed by atoms with Gasteiger partial charge in [0.1, 0.15) is 11.9 Å². The van der Waals surface area contributed by atoms with E-state index < -0.39 is 6.04 Å². The predicted octanol–water partition coefficient (Wildman–Crippen LogP) is 5.92. The van der Waals surface area contributed by atoms with Gasteiger partial charge in [0, 0.05) is 30.8 Å². The average molecular weight is 507 g/mol. The van der Waals surface area contributed by atoms with Gasteiger partial charge in [0.05, 0.1) is 5.75 Å². The number of aryl methyl sites for hydroxylation is 1. The van der Waals surface area contributed by atoms with Crippen LogP contribution in [0.1, 0.15) is 42.0 Å². The Morgan fingerprint density at radius 3 is 2.33 bits per heavy atom. The van der Waals surface area contributed by atoms with Crippen molar-refractivity contribution in [2.45, 2.75) is 51.4 Å². The Morgan fingerprint density at radius 2 is 1.64 bits per heavy atom. The molecule has 0 saturated heterocycles. The standard InChI is InChI=1S/C30H35FN2O2S/c1-3-4-18-32-30(35)28(19-24-10-6-5-7-11-24)33(20-26-12-8-9-13-27(26)31)29(34)22-36-21-25-16-14-23(2)15-17-25/h5-17,28H,3-4,18-22H2,1-2H3,(H,32,35). The number of carbonyl (C=O) groups is 2. The highest BCUT2D eigenvalue weighted by Gasteiger charge is 2.30. The monoisotopic (exact) mass is 506 g/mol. The zero-order valence-corrected chi connectivity index (χ0v) is 21.9. The summed E-state index contributed by atoms with van der Waals surface area (Å²) in [6, 6.07) is 23.6. The van der Waals surface area contributed by atoms with Crippen molar-refractivity contribution in [2.75, 3.05) is 12.3 Å². The molecule has 0 radical (unpaired) electrons. The minimum Gasteiger partial charge on any atom is -0.354 e. The van der Waals surface area contributed by atoms with Crippen molar-refractivity contribution in [1.29, 1.82) is 0 Å². The molecule has 1 N–H and O–H groups in total. The molecule has 0 aliphatic rings. The first kappa shape index (κ1) is 27.5. The van der Waals surface area contributed by atoms with Crippen molar-refractivity contribution >= 4 is 23.6 Å². The zero-order chi connectivity index (χ0) is 25.8. The Hall–Kier alpha value is -3.12. The highest BCUT2D eigenvalue weighted by Crippen LogP contribution is 2.20. The maximum Gasteiger partial charge on any atom is 0.243 e. The van der Waals surface area contributed by atoms with Crippen molar-refractivity contribution in [3.63, 3.8) is 0 Å². The topological polar surface area (TPSA) is 49.4 Å². The molecule has 3 rings (SSSR count). The molecule has 0 saturated carbocycles. The Bertz CT molecular complexity index is 1110. The van der Waals surface area contributed by atoms with Crippen molar-refractivity contribution < 1.29 is 14.0 Å². The van der Waals surface area contributed by atoms with E-state index in [4.69, 9.17) is 0 Å². The SMILES string of the molecule is CCCCNC(=O)C(Cc1ccccc1)N(Cc1ccccc1F)C(=O)CSCc1ccc(C)cc1. The first-order valence-corrected chi connectivity index (χ1v) is 13.6. The maximum atomic E-state index is 14.6. The first-order valence-electron chi connectivity index (χ1n) is 12.5. The molecule has 0 aliphatic carbocycles. The molecule has 3 aromatic rings. The number of halogens is 1. The minimum atomic E-state index is -0.740. The average Bonchev–Trinajstić information content (AvgIpc) is 2.89. The largest absolute Gasteiger partial charge is 0.354 e. The van der Waals surface area contributed by atoms with Gasteiger partial charge < -0.3 is 10.2 Å². The molecule has 0 bridgehead atoms. The van der Waals surface area contributed by atoms with E-state index in [1.807, 2.05) is 37.3 Å². The molecule has 0 spiro atoms. The second kappa shape index (κ2) is 14.4. The lowest BCUT2D eigenvalue weighted by atomic mass is 10.0. The minimum absolute atomic E-state index is 0.0370. The van der Waals surface area contributed by atoms with Gasteiger partial charge in [-0.2, -0.15) is 0 Å². The number of unbranched alkanes of at least 4 members (excludes halogenated alkanes) is 1. The van der Waals surface area contributed by atoms with Gasteiger partial charge in [0.2, 0.25) is 11.8 Å². The number of rotatable bonds is 13. The summed E-state index contributed by atoms with van der Waals surface area (Å²) in [5, 5.41) is 2.99. The summed E-state index contributed by atoms with van der Waals surface area (Å²) in [4.78, 5) is 28.5. The summed E-state index contributed by atoms with van der Waals surface area (Å²) in [6.07, 6.45) is 2.18. The maximum absolute atomic E-state index is 14.6. The molecule has 36 heavy (non-hydrogen) atoms. The summed E-state index contributed by atoms with van der Waals surface area (Å²) >= 11 is 1.50. The van der Waals surface area contributed by atoms with E-state index in [0.29, 0.717) is 24.3 Å². The molecule has 0 heterocycles. The number of amides is 2. The van der Waals surface area contributed by atoms with Gasteiger partial charge >= 0.3 is 0 Å². The number of nitrogens with one attached hydrogen (secondary N) is 1. The van der Waals surface area contributed by atoms with Crippen molar-refractivity contribution in [3.8, 4) is 0 Å². The van der Waals surface area contributed by atoms with Crippen LogP contribution in [-0.2, 0) is 28.3 Å². The third kappa shape index (κ3) is 8.52. The third-order valence-electron chi connectivity index (χ3n) is 6.01. The molecule has 6 heteroatoms. The van der Waals surface area contributed by atoms with Crippen molar-refractivity contribution in [1.82, 2.24) is 10.2 Å². The molecular weight excluding hydrogens is 471 g/mol. The van der Waals surface area contributed by atoms with Crippen LogP contribution in [0.2, 0.25) is 0 Å². The van der Waals surface area contributed by atoms with Crippen LogP contribution in [0.25, 0.3) is 0 Å². The predicted molar refractivity (Wildman–Crippen MR) is 146 cm³/mol. The highest BCUT2D eigenvalue weighted by atomic mass is 32.2. The smallest absolute Gasteiger partial charge is 0.243 e. The molecule has 2 amide bonds. The number of carbonyl (C=O) groups excluding carboxylic acids is 2. The number of nitrogens with zero attached hydrogens (tertiary/aromatic N) is 1. The Labute approximate surface area is 218 Å². The lowest BCUT2D eigenvalue weighted by Crippen LogP contribution is -2.51. The Kier molecular flexibility index (Phi) is 11.0. The normalized spacial score (nSPS) is 11.6. The van der Waals surface area contributed by atoms with E-state index in [1.165, 1.54) is 23.4 Å². The van der Waals surface area contributed by atoms with Gasteiger partial charge in [0.25, 0.3) is 0 Å². The van der Waals surface area contributed by atoms with E-state index >= 15 is 0 Å². The second-order valence-corrected chi connectivity index (χ2v) is 9.93. The van der Waals surface area contributed by atoms with Crippen LogP contribution in [-0.4, -0.2) is 35.1 Å². The molecule has 4 nitrogen and oxygen atoms in total. The molecule has 1 unspecified atom stereocenters. The summed E-state index contributed by atoms with van der Waals surface area (Å²) in [6.45, 7) is 4.69. The van der Waals surface area contributed by atoms with Gasteiger partial charge in [-0.3, -0.25) is 9.59 Å². The van der Waals surface area contributed by atoms with Crippen molar-refractivity contribution in [2.24, 2.45) is 0 Å². The number of thioether (sulfide) groups is 1. The molecular formula is C30H35FN2O2S. The van der Waals surface area contributed by atoms with Gasteiger partial charge in [0.15, 0.2) is 0 Å². The molecule has 0 aliphatic heterocycles. The van der Waals surface area contributed by atoms with Crippen LogP contribution < -0.4 is 5.32 Å². The van der Waals surface area contributed by atoms with Crippen LogP contribution in [0.4, 0.5) is 4.39 Å². The highest BCUT2D eigenvalue weighted by molar-refractivity contribution is 7.99. The summed E-state index contributed by atoms with van der Waals surface area (Å²) in [5.41, 5.74) is 3.67. The molecule has 0 fully saturated rings. The van der Waals surface area contributed by atoms with Crippen LogP contribution in [0.5, 0.6) is 0 Å². The fraction of sp³-hybridized carbons (Fsp3) is 0.333. The number of benzene rings is 3. The Morgan fingerprint density at radius 1 is 0.944 bits per heavy atom. The van der Waals surface area contributed by atoms with Crippen LogP contribution >= 0.6 is 11.8 Å². The lowest BCUT2D eigenvalue weighted by Gasteiger charge is -2.31. The molecule has 190 valence electrons. The lowest BCUT2D eigenvalue weighted by molar-refractivity contribution is -0.139. The number of hydrogen-bond donors (Lipinski definition) is 1. The van der Waals surface area contributed by atoms with Crippen LogP contribution in [0.15, 0.2) is 78.9 Å². The van der Waals surface area contributed by atoms with E-state index in [9.17, 15) is 14.0 Å². The Balaban J connectivity index is 1.83. The van der Waals surface area contributed by atoms with Crippen LogP contribution in [0.3, 0.4) is 0 Å². The van der Waals surface area contributed by atoms with Gasteiger partial charge in [-0.05, 0) is 30.5 Å². The number of hydrogen-bond acceptors (Lipinski definition) is 3. The quantitative estimate of drug-likeness (QED) is 0.293. The molecule has 3 aromatic carbocycles. The summed E-state index contributed by atoms with van der Waals surface area (Å²) < 4.78 is 14.6. The van der Waals surface area contributed by atoms with E-state index in [2.05, 4.69) is 36.5 Å².